The number of aliphatic hydroxyl groups is 1. The zero-order valence-corrected chi connectivity index (χ0v) is 25.1. The van der Waals surface area contributed by atoms with Gasteiger partial charge in [-0.1, -0.05) is 26.0 Å². The van der Waals surface area contributed by atoms with E-state index in [1.165, 1.54) is 24.3 Å². The first-order chi connectivity index (χ1) is 21.2. The molecule has 1 atom stereocenters. The van der Waals surface area contributed by atoms with Crippen LogP contribution in [-0.2, 0) is 9.53 Å². The standard InChI is InChI=1S/C32H37FN6O5/c1-4-38(5-2)18-23(40)17-34-30(41)26-19(3)35-29(27(26)20-6-9-22(33)10-7-20)37-28-24-16-21(8-11-25(24)36-31(28)42)32(43)39-12-14-44-15-13-39/h6-11,16,23,35,40H,4-5,12-15,17-18H2,1-3H3,(H,34,41)(H,36,37,42). The number of likely N-dealkylation sites (N-methyl/N-ethyl adjacent to an activating group) is 1. The smallest absolute Gasteiger partial charge is 0.275 e. The number of carbonyl (C=O) groups is 3. The number of aromatic nitrogens is 1. The number of aliphatic hydroxyl groups excluding tert-OH is 1. The topological polar surface area (TPSA) is 139 Å². The first-order valence-electron chi connectivity index (χ1n) is 14.8. The van der Waals surface area contributed by atoms with Crippen LogP contribution in [0.25, 0.3) is 11.1 Å². The van der Waals surface area contributed by atoms with E-state index >= 15 is 0 Å². The number of carbonyl (C=O) groups excluding carboxylic acids is 3. The van der Waals surface area contributed by atoms with Crippen LogP contribution >= 0.6 is 0 Å². The molecule has 0 bridgehead atoms. The van der Waals surface area contributed by atoms with E-state index in [9.17, 15) is 23.9 Å². The van der Waals surface area contributed by atoms with Crippen molar-refractivity contribution in [3.8, 4) is 11.1 Å². The van der Waals surface area contributed by atoms with Crippen molar-refractivity contribution in [2.24, 2.45) is 4.99 Å². The highest BCUT2D eigenvalue weighted by atomic mass is 19.1. The Morgan fingerprint density at radius 1 is 1.14 bits per heavy atom. The fraction of sp³-hybridized carbons (Fsp3) is 0.375. The van der Waals surface area contributed by atoms with Crippen LogP contribution < -0.4 is 10.6 Å². The second-order valence-electron chi connectivity index (χ2n) is 10.8. The number of fused-ring (bicyclic) bond motifs is 1. The molecule has 0 saturated carbocycles. The lowest BCUT2D eigenvalue weighted by atomic mass is 10.0. The summed E-state index contributed by atoms with van der Waals surface area (Å²) >= 11 is 0. The Morgan fingerprint density at radius 2 is 1.84 bits per heavy atom. The molecule has 2 aliphatic heterocycles. The summed E-state index contributed by atoms with van der Waals surface area (Å²) in [6.07, 6.45) is -0.778. The van der Waals surface area contributed by atoms with Gasteiger partial charge in [-0.05, 0) is 55.9 Å². The van der Waals surface area contributed by atoms with Crippen molar-refractivity contribution in [1.82, 2.24) is 20.1 Å². The van der Waals surface area contributed by atoms with E-state index in [-0.39, 0.29) is 29.5 Å². The number of anilines is 1. The highest BCUT2D eigenvalue weighted by Crippen LogP contribution is 2.37. The molecule has 1 saturated heterocycles. The normalized spacial score (nSPS) is 16.3. The van der Waals surface area contributed by atoms with Crippen LogP contribution in [0, 0.1) is 12.7 Å². The number of H-pyrrole nitrogens is 1. The summed E-state index contributed by atoms with van der Waals surface area (Å²) in [6, 6.07) is 10.6. The number of ether oxygens (including phenoxy) is 1. The second kappa shape index (κ2) is 13.5. The van der Waals surface area contributed by atoms with Crippen LogP contribution in [0.1, 0.15) is 45.8 Å². The SMILES string of the molecule is CCN(CC)CC(O)CNC(=O)c1c(C)[nH]c(N=C2C(=O)Nc3ccc(C(=O)N4CCOCC4)cc32)c1-c1ccc(F)cc1. The number of aliphatic imine (C=N–C) groups is 1. The molecule has 3 heterocycles. The number of benzene rings is 2. The summed E-state index contributed by atoms with van der Waals surface area (Å²) in [4.78, 5) is 51.4. The Bertz CT molecular complexity index is 1570. The minimum Gasteiger partial charge on any atom is -0.390 e. The molecule has 1 unspecified atom stereocenters. The quantitative estimate of drug-likeness (QED) is 0.281. The van der Waals surface area contributed by atoms with Crippen LogP contribution in [0.3, 0.4) is 0 Å². The van der Waals surface area contributed by atoms with Gasteiger partial charge in [-0.25, -0.2) is 9.38 Å². The Hall–Kier alpha value is -4.39. The highest BCUT2D eigenvalue weighted by Gasteiger charge is 2.30. The average Bonchev–Trinajstić information content (AvgIpc) is 3.53. The third-order valence-electron chi connectivity index (χ3n) is 7.90. The van der Waals surface area contributed by atoms with Gasteiger partial charge < -0.3 is 35.3 Å². The molecule has 11 nitrogen and oxygen atoms in total. The molecule has 5 rings (SSSR count). The van der Waals surface area contributed by atoms with Gasteiger partial charge in [0.25, 0.3) is 17.7 Å². The fourth-order valence-corrected chi connectivity index (χ4v) is 5.47. The van der Waals surface area contributed by atoms with E-state index < -0.39 is 23.7 Å². The van der Waals surface area contributed by atoms with Crippen molar-refractivity contribution in [3.63, 3.8) is 0 Å². The predicted octanol–water partition coefficient (Wildman–Crippen LogP) is 3.11. The van der Waals surface area contributed by atoms with E-state index in [0.717, 1.165) is 13.1 Å². The number of nitrogens with one attached hydrogen (secondary N) is 3. The highest BCUT2D eigenvalue weighted by molar-refractivity contribution is 6.54. The molecule has 1 aromatic heterocycles. The van der Waals surface area contributed by atoms with E-state index in [2.05, 4.69) is 25.5 Å². The van der Waals surface area contributed by atoms with E-state index in [1.54, 1.807) is 30.0 Å². The number of hydrogen-bond acceptors (Lipinski definition) is 7. The molecule has 3 aromatic rings. The summed E-state index contributed by atoms with van der Waals surface area (Å²) in [5.41, 5.74) is 3.10. The molecule has 232 valence electrons. The maximum atomic E-state index is 13.9. The van der Waals surface area contributed by atoms with Crippen molar-refractivity contribution >= 4 is 34.9 Å². The van der Waals surface area contributed by atoms with Crippen LogP contribution in [-0.4, -0.2) is 102 Å². The number of rotatable bonds is 10. The molecule has 44 heavy (non-hydrogen) atoms. The molecule has 0 spiro atoms. The van der Waals surface area contributed by atoms with E-state index in [0.29, 0.717) is 66.5 Å². The molecule has 3 amide bonds. The number of nitrogens with zero attached hydrogens (tertiary/aromatic N) is 3. The minimum absolute atomic E-state index is 0.0302. The zero-order valence-electron chi connectivity index (χ0n) is 25.1. The lowest BCUT2D eigenvalue weighted by molar-refractivity contribution is -0.110. The Morgan fingerprint density at radius 3 is 2.52 bits per heavy atom. The Kier molecular flexibility index (Phi) is 9.52. The second-order valence-corrected chi connectivity index (χ2v) is 10.8. The maximum absolute atomic E-state index is 13.9. The monoisotopic (exact) mass is 604 g/mol. The van der Waals surface area contributed by atoms with Gasteiger partial charge in [0.1, 0.15) is 17.3 Å². The van der Waals surface area contributed by atoms with Gasteiger partial charge in [-0.15, -0.1) is 0 Å². The van der Waals surface area contributed by atoms with Crippen molar-refractivity contribution in [3.05, 3.63) is 70.7 Å². The van der Waals surface area contributed by atoms with Gasteiger partial charge in [0.05, 0.1) is 30.6 Å². The molecule has 1 fully saturated rings. The lowest BCUT2D eigenvalue weighted by Crippen LogP contribution is -2.40. The Balaban J connectivity index is 1.50. The molecular weight excluding hydrogens is 567 g/mol. The Labute approximate surface area is 255 Å². The van der Waals surface area contributed by atoms with Crippen LogP contribution in [0.4, 0.5) is 15.9 Å². The van der Waals surface area contributed by atoms with Crippen molar-refractivity contribution in [2.45, 2.75) is 26.9 Å². The molecule has 12 heteroatoms. The third kappa shape index (κ3) is 6.57. The van der Waals surface area contributed by atoms with Crippen LogP contribution in [0.15, 0.2) is 47.5 Å². The summed E-state index contributed by atoms with van der Waals surface area (Å²) in [5.74, 6) is -1.29. The van der Waals surface area contributed by atoms with Crippen molar-refractivity contribution < 1.29 is 28.6 Å². The number of hydrogen-bond donors (Lipinski definition) is 4. The number of morpholine rings is 1. The van der Waals surface area contributed by atoms with E-state index in [1.807, 2.05) is 13.8 Å². The van der Waals surface area contributed by atoms with E-state index in [4.69, 9.17) is 4.74 Å². The molecule has 4 N–H and O–H groups in total. The number of aromatic amines is 1. The summed E-state index contributed by atoms with van der Waals surface area (Å²) in [6.45, 7) is 9.59. The van der Waals surface area contributed by atoms with Gasteiger partial charge in [-0.3, -0.25) is 14.4 Å². The number of halogens is 1. The first-order valence-corrected chi connectivity index (χ1v) is 14.8. The molecular formula is C32H37FN6O5. The largest absolute Gasteiger partial charge is 0.390 e. The van der Waals surface area contributed by atoms with Gasteiger partial charge in [0.15, 0.2) is 0 Å². The maximum Gasteiger partial charge on any atom is 0.275 e. The third-order valence-corrected chi connectivity index (χ3v) is 7.90. The predicted molar refractivity (Wildman–Crippen MR) is 165 cm³/mol. The lowest BCUT2D eigenvalue weighted by Gasteiger charge is -2.27. The van der Waals surface area contributed by atoms with Gasteiger partial charge in [-0.2, -0.15) is 0 Å². The first kappa shape index (κ1) is 31.0. The van der Waals surface area contributed by atoms with Crippen LogP contribution in [0.5, 0.6) is 0 Å². The fourth-order valence-electron chi connectivity index (χ4n) is 5.47. The number of aryl methyl sites for hydroxylation is 1. The summed E-state index contributed by atoms with van der Waals surface area (Å²) < 4.78 is 19.2. The average molecular weight is 605 g/mol. The van der Waals surface area contributed by atoms with Crippen LogP contribution in [0.2, 0.25) is 0 Å². The van der Waals surface area contributed by atoms with Crippen molar-refractivity contribution in [1.29, 1.82) is 0 Å². The molecule has 2 aliphatic rings. The molecule has 0 radical (unpaired) electrons. The van der Waals surface area contributed by atoms with Gasteiger partial charge in [0.2, 0.25) is 0 Å². The molecule has 2 aromatic carbocycles. The van der Waals surface area contributed by atoms with Gasteiger partial charge >= 0.3 is 0 Å². The summed E-state index contributed by atoms with van der Waals surface area (Å²) in [5, 5.41) is 16.1. The van der Waals surface area contributed by atoms with Gasteiger partial charge in [0, 0.05) is 48.6 Å². The summed E-state index contributed by atoms with van der Waals surface area (Å²) in [7, 11) is 0. The zero-order chi connectivity index (χ0) is 31.4. The number of amides is 3. The molecule has 0 aliphatic carbocycles. The van der Waals surface area contributed by atoms with Crippen molar-refractivity contribution in [2.75, 3.05) is 57.8 Å². The minimum atomic E-state index is -0.778.